The highest BCUT2D eigenvalue weighted by Gasteiger charge is 2.59. The fourth-order valence-electron chi connectivity index (χ4n) is 8.67. The molecular weight excluding hydrogens is 362 g/mol. The van der Waals surface area contributed by atoms with E-state index in [0.29, 0.717) is 12.5 Å². The van der Waals surface area contributed by atoms with E-state index in [4.69, 9.17) is 4.74 Å². The standard InChI is InChI=1S/C25H41NO3/c1-24(28)10-8-18-17(16-24)4-5-20-19(18)9-11-25(2)21(20)6-7-22(25)23(27)26-12-3-14-29-15-13-26/h17-22,28H,3-16H2,1-2H3/t17-,18+,19-,20-,21+,22-,24-,25+/m1/s1. The summed E-state index contributed by atoms with van der Waals surface area (Å²) >= 11 is 0. The third-order valence-corrected chi connectivity index (χ3v) is 10.1. The number of ether oxygens (including phenoxy) is 1. The molecule has 4 nitrogen and oxygen atoms in total. The smallest absolute Gasteiger partial charge is 0.226 e. The maximum absolute atomic E-state index is 13.5. The summed E-state index contributed by atoms with van der Waals surface area (Å²) in [4.78, 5) is 15.6. The third kappa shape index (κ3) is 3.46. The first kappa shape index (κ1) is 20.3. The summed E-state index contributed by atoms with van der Waals surface area (Å²) in [5, 5.41) is 10.6. The minimum atomic E-state index is -0.432. The van der Waals surface area contributed by atoms with Crippen molar-refractivity contribution in [3.63, 3.8) is 0 Å². The number of nitrogens with zero attached hydrogens (tertiary/aromatic N) is 1. The molecule has 1 heterocycles. The largest absolute Gasteiger partial charge is 0.390 e. The van der Waals surface area contributed by atoms with Crippen molar-refractivity contribution in [2.75, 3.05) is 26.3 Å². The van der Waals surface area contributed by atoms with E-state index in [0.717, 1.165) is 75.0 Å². The SMILES string of the molecule is C[C@@]1(O)CC[C@H]2[C@H](CC[C@@H]3[C@@H]2CC[C@]2(C)[C@@H](C(=O)N4CCCOCC4)CC[C@@H]32)C1. The second-order valence-corrected chi connectivity index (χ2v) is 11.6. The maximum atomic E-state index is 13.5. The van der Waals surface area contributed by atoms with Crippen LogP contribution in [0.2, 0.25) is 0 Å². The predicted molar refractivity (Wildman–Crippen MR) is 113 cm³/mol. The van der Waals surface area contributed by atoms with E-state index < -0.39 is 5.60 Å². The topological polar surface area (TPSA) is 49.8 Å². The quantitative estimate of drug-likeness (QED) is 0.712. The Morgan fingerprint density at radius 2 is 1.76 bits per heavy atom. The summed E-state index contributed by atoms with van der Waals surface area (Å²) in [5.41, 5.74) is -0.225. The lowest BCUT2D eigenvalue weighted by Crippen LogP contribution is -2.52. The number of rotatable bonds is 1. The van der Waals surface area contributed by atoms with Gasteiger partial charge in [0.25, 0.3) is 0 Å². The van der Waals surface area contributed by atoms with Gasteiger partial charge in [-0.1, -0.05) is 6.92 Å². The average molecular weight is 404 g/mol. The first-order chi connectivity index (χ1) is 13.9. The van der Waals surface area contributed by atoms with Crippen molar-refractivity contribution in [1.29, 1.82) is 0 Å². The second-order valence-electron chi connectivity index (χ2n) is 11.6. The number of amides is 1. The van der Waals surface area contributed by atoms with Crippen molar-refractivity contribution in [2.24, 2.45) is 40.9 Å². The van der Waals surface area contributed by atoms with Gasteiger partial charge in [-0.05, 0) is 106 Å². The van der Waals surface area contributed by atoms with E-state index in [1.807, 2.05) is 6.92 Å². The highest BCUT2D eigenvalue weighted by Crippen LogP contribution is 2.64. The van der Waals surface area contributed by atoms with E-state index in [2.05, 4.69) is 11.8 Å². The van der Waals surface area contributed by atoms with Crippen molar-refractivity contribution >= 4 is 5.91 Å². The zero-order valence-corrected chi connectivity index (χ0v) is 18.6. The lowest BCUT2D eigenvalue weighted by Gasteiger charge is -2.57. The van der Waals surface area contributed by atoms with E-state index in [1.165, 1.54) is 38.5 Å². The molecule has 0 aromatic carbocycles. The van der Waals surface area contributed by atoms with Gasteiger partial charge in [0.2, 0.25) is 5.91 Å². The molecular formula is C25H41NO3. The molecule has 5 rings (SSSR count). The lowest BCUT2D eigenvalue weighted by atomic mass is 9.49. The number of aliphatic hydroxyl groups is 1. The summed E-state index contributed by atoms with van der Waals surface area (Å²) in [6, 6.07) is 0. The molecule has 0 aromatic heterocycles. The van der Waals surface area contributed by atoms with Crippen LogP contribution in [0.5, 0.6) is 0 Å². The molecule has 0 aromatic rings. The highest BCUT2D eigenvalue weighted by atomic mass is 16.5. The van der Waals surface area contributed by atoms with Gasteiger partial charge >= 0.3 is 0 Å². The van der Waals surface area contributed by atoms with Gasteiger partial charge in [0.15, 0.2) is 0 Å². The van der Waals surface area contributed by atoms with Crippen molar-refractivity contribution in [3.8, 4) is 0 Å². The summed E-state index contributed by atoms with van der Waals surface area (Å²) in [6.45, 7) is 7.69. The summed E-state index contributed by atoms with van der Waals surface area (Å²) in [7, 11) is 0. The fraction of sp³-hybridized carbons (Fsp3) is 0.960. The summed E-state index contributed by atoms with van der Waals surface area (Å²) in [5.74, 6) is 4.64. The van der Waals surface area contributed by atoms with Crippen LogP contribution in [0.15, 0.2) is 0 Å². The van der Waals surface area contributed by atoms with Crippen LogP contribution in [0.4, 0.5) is 0 Å². The summed E-state index contributed by atoms with van der Waals surface area (Å²) in [6.07, 6.45) is 11.7. The molecule has 4 saturated carbocycles. The van der Waals surface area contributed by atoms with Crippen LogP contribution >= 0.6 is 0 Å². The number of fused-ring (bicyclic) bond motifs is 5. The Hall–Kier alpha value is -0.610. The van der Waals surface area contributed by atoms with Gasteiger partial charge in [-0.15, -0.1) is 0 Å². The van der Waals surface area contributed by atoms with E-state index in [1.54, 1.807) is 0 Å². The van der Waals surface area contributed by atoms with Gasteiger partial charge in [-0.2, -0.15) is 0 Å². The van der Waals surface area contributed by atoms with Crippen LogP contribution in [0.25, 0.3) is 0 Å². The molecule has 0 unspecified atom stereocenters. The number of hydrogen-bond donors (Lipinski definition) is 1. The zero-order valence-electron chi connectivity index (χ0n) is 18.6. The van der Waals surface area contributed by atoms with Gasteiger partial charge in [-0.3, -0.25) is 4.79 Å². The van der Waals surface area contributed by atoms with Crippen LogP contribution in [-0.4, -0.2) is 47.8 Å². The number of hydrogen-bond acceptors (Lipinski definition) is 3. The molecule has 1 amide bonds. The van der Waals surface area contributed by atoms with Crippen LogP contribution in [-0.2, 0) is 9.53 Å². The van der Waals surface area contributed by atoms with E-state index in [-0.39, 0.29) is 11.3 Å². The average Bonchev–Trinajstić information content (AvgIpc) is 2.86. The minimum Gasteiger partial charge on any atom is -0.390 e. The Labute approximate surface area is 176 Å². The van der Waals surface area contributed by atoms with Crippen LogP contribution in [0.1, 0.15) is 78.1 Å². The first-order valence-electron chi connectivity index (χ1n) is 12.5. The van der Waals surface area contributed by atoms with Gasteiger partial charge in [0.1, 0.15) is 0 Å². The first-order valence-corrected chi connectivity index (χ1v) is 12.5. The van der Waals surface area contributed by atoms with Gasteiger partial charge in [-0.25, -0.2) is 0 Å². The number of carbonyl (C=O) groups excluding carboxylic acids is 1. The van der Waals surface area contributed by atoms with Crippen LogP contribution < -0.4 is 0 Å². The Morgan fingerprint density at radius 1 is 0.931 bits per heavy atom. The molecule has 5 fully saturated rings. The Kier molecular flexibility index (Phi) is 5.26. The Balaban J connectivity index is 1.31. The molecule has 164 valence electrons. The van der Waals surface area contributed by atoms with Crippen molar-refractivity contribution in [2.45, 2.75) is 83.7 Å². The highest BCUT2D eigenvalue weighted by molar-refractivity contribution is 5.80. The molecule has 1 aliphatic heterocycles. The van der Waals surface area contributed by atoms with E-state index >= 15 is 0 Å². The molecule has 29 heavy (non-hydrogen) atoms. The van der Waals surface area contributed by atoms with E-state index in [9.17, 15) is 9.90 Å². The minimum absolute atomic E-state index is 0.207. The third-order valence-electron chi connectivity index (χ3n) is 10.1. The number of carbonyl (C=O) groups is 1. The van der Waals surface area contributed by atoms with Gasteiger partial charge in [0, 0.05) is 25.6 Å². The lowest BCUT2D eigenvalue weighted by molar-refractivity contribution is -0.144. The van der Waals surface area contributed by atoms with Crippen LogP contribution in [0, 0.1) is 40.9 Å². The molecule has 8 atom stereocenters. The molecule has 1 saturated heterocycles. The second kappa shape index (κ2) is 7.51. The molecule has 0 bridgehead atoms. The normalized spacial score (nSPS) is 50.2. The van der Waals surface area contributed by atoms with Crippen molar-refractivity contribution in [1.82, 2.24) is 4.90 Å². The Morgan fingerprint density at radius 3 is 2.62 bits per heavy atom. The zero-order chi connectivity index (χ0) is 20.2. The monoisotopic (exact) mass is 403 g/mol. The predicted octanol–water partition coefficient (Wildman–Crippen LogP) is 4.26. The van der Waals surface area contributed by atoms with Gasteiger partial charge in [0.05, 0.1) is 12.2 Å². The molecule has 0 radical (unpaired) electrons. The summed E-state index contributed by atoms with van der Waals surface area (Å²) < 4.78 is 5.59. The fourth-order valence-corrected chi connectivity index (χ4v) is 8.67. The molecule has 4 heteroatoms. The maximum Gasteiger partial charge on any atom is 0.226 e. The van der Waals surface area contributed by atoms with Crippen molar-refractivity contribution in [3.05, 3.63) is 0 Å². The Bertz CT molecular complexity index is 626. The molecule has 1 N–H and O–H groups in total. The molecule has 0 spiro atoms. The van der Waals surface area contributed by atoms with Gasteiger partial charge < -0.3 is 14.7 Å². The molecule has 5 aliphatic rings. The molecule has 4 aliphatic carbocycles. The van der Waals surface area contributed by atoms with Crippen LogP contribution in [0.3, 0.4) is 0 Å². The van der Waals surface area contributed by atoms with Crippen molar-refractivity contribution < 1.29 is 14.6 Å².